The first-order valence-electron chi connectivity index (χ1n) is 3.37. The zero-order valence-corrected chi connectivity index (χ0v) is 5.69. The molecule has 3 N–H and O–H groups in total. The second kappa shape index (κ2) is 2.50. The number of nitrogens with two attached hydrogens (primary N) is 1. The summed E-state index contributed by atoms with van der Waals surface area (Å²) in [5.74, 6) is 0. The van der Waals surface area contributed by atoms with Crippen LogP contribution in [-0.4, -0.2) is 18.6 Å². The van der Waals surface area contributed by atoms with Gasteiger partial charge in [0.2, 0.25) is 0 Å². The highest BCUT2D eigenvalue weighted by atomic mass is 15.0. The third-order valence-corrected chi connectivity index (χ3v) is 1.83. The first-order chi connectivity index (χ1) is 4.27. The predicted molar refractivity (Wildman–Crippen MR) is 39.2 cm³/mol. The van der Waals surface area contributed by atoms with Gasteiger partial charge in [-0.1, -0.05) is 6.08 Å². The second-order valence-electron chi connectivity index (χ2n) is 2.78. The van der Waals surface area contributed by atoms with E-state index < -0.39 is 0 Å². The van der Waals surface area contributed by atoms with E-state index in [1.54, 1.807) is 0 Å². The molecular formula is C7H14N2. The fourth-order valence-electron chi connectivity index (χ4n) is 1.22. The van der Waals surface area contributed by atoms with E-state index in [4.69, 9.17) is 5.73 Å². The van der Waals surface area contributed by atoms with Gasteiger partial charge in [0.25, 0.3) is 0 Å². The topological polar surface area (TPSA) is 38.0 Å². The van der Waals surface area contributed by atoms with Crippen LogP contribution < -0.4 is 11.1 Å². The summed E-state index contributed by atoms with van der Waals surface area (Å²) in [5, 5.41) is 3.22. The first kappa shape index (κ1) is 6.78. The molecule has 0 aliphatic carbocycles. The van der Waals surface area contributed by atoms with Crippen molar-refractivity contribution in [1.29, 1.82) is 0 Å². The Labute approximate surface area is 56.1 Å². The van der Waals surface area contributed by atoms with Gasteiger partial charge in [-0.2, -0.15) is 0 Å². The maximum Gasteiger partial charge on any atom is 0.0327 e. The lowest BCUT2D eigenvalue weighted by Gasteiger charge is -2.19. The summed E-state index contributed by atoms with van der Waals surface area (Å²) in [6, 6.07) is 0. The molecule has 0 aromatic rings. The van der Waals surface area contributed by atoms with E-state index in [1.165, 1.54) is 0 Å². The van der Waals surface area contributed by atoms with Crippen molar-refractivity contribution in [2.75, 3.05) is 13.1 Å². The van der Waals surface area contributed by atoms with Gasteiger partial charge in [-0.05, 0) is 19.4 Å². The minimum atomic E-state index is 0.0156. The van der Waals surface area contributed by atoms with E-state index in [1.807, 2.05) is 6.08 Å². The van der Waals surface area contributed by atoms with E-state index in [-0.39, 0.29) is 5.54 Å². The fourth-order valence-corrected chi connectivity index (χ4v) is 1.22. The molecule has 1 heterocycles. The predicted octanol–water partition coefficient (Wildman–Crippen LogP) is 0.253. The van der Waals surface area contributed by atoms with Crippen LogP contribution in [0.25, 0.3) is 0 Å². The highest BCUT2D eigenvalue weighted by molar-refractivity contribution is 4.96. The van der Waals surface area contributed by atoms with E-state index >= 15 is 0 Å². The molecule has 52 valence electrons. The number of rotatable bonds is 2. The monoisotopic (exact) mass is 126 g/mol. The van der Waals surface area contributed by atoms with Gasteiger partial charge in [0.1, 0.15) is 0 Å². The van der Waals surface area contributed by atoms with Crippen LogP contribution in [0.4, 0.5) is 0 Å². The average Bonchev–Trinajstić information content (AvgIpc) is 2.16. The Morgan fingerprint density at radius 2 is 2.56 bits per heavy atom. The molecule has 9 heavy (non-hydrogen) atoms. The maximum absolute atomic E-state index is 5.94. The van der Waals surface area contributed by atoms with Crippen LogP contribution >= 0.6 is 0 Å². The van der Waals surface area contributed by atoms with Crippen LogP contribution in [0, 0.1) is 0 Å². The summed E-state index contributed by atoms with van der Waals surface area (Å²) in [7, 11) is 0. The molecule has 0 bridgehead atoms. The molecule has 1 saturated heterocycles. The van der Waals surface area contributed by atoms with E-state index in [2.05, 4.69) is 11.9 Å². The van der Waals surface area contributed by atoms with Crippen molar-refractivity contribution in [2.45, 2.75) is 18.4 Å². The molecule has 2 nitrogen and oxygen atoms in total. The Bertz CT molecular complexity index is 103. The summed E-state index contributed by atoms with van der Waals surface area (Å²) >= 11 is 0. The summed E-state index contributed by atoms with van der Waals surface area (Å²) in [6.07, 6.45) is 3.91. The summed E-state index contributed by atoms with van der Waals surface area (Å²) < 4.78 is 0. The van der Waals surface area contributed by atoms with Gasteiger partial charge in [0, 0.05) is 12.1 Å². The zero-order chi connectivity index (χ0) is 6.74. The van der Waals surface area contributed by atoms with E-state index in [0.717, 1.165) is 25.9 Å². The van der Waals surface area contributed by atoms with Crippen molar-refractivity contribution < 1.29 is 0 Å². The lowest BCUT2D eigenvalue weighted by Crippen LogP contribution is -2.41. The molecule has 0 aromatic heterocycles. The van der Waals surface area contributed by atoms with Crippen molar-refractivity contribution in [3.05, 3.63) is 12.7 Å². The standard InChI is InChI=1S/C7H14N2/c1-2-3-7(8)4-5-9-6-7/h2,9H,1,3-6,8H2. The highest BCUT2D eigenvalue weighted by Gasteiger charge is 2.26. The smallest absolute Gasteiger partial charge is 0.0327 e. The Balaban J connectivity index is 2.40. The number of hydrogen-bond acceptors (Lipinski definition) is 2. The van der Waals surface area contributed by atoms with Gasteiger partial charge in [-0.15, -0.1) is 6.58 Å². The average molecular weight is 126 g/mol. The van der Waals surface area contributed by atoms with Gasteiger partial charge in [-0.3, -0.25) is 0 Å². The molecule has 0 radical (unpaired) electrons. The quantitative estimate of drug-likeness (QED) is 0.521. The molecule has 0 spiro atoms. The Morgan fingerprint density at radius 1 is 1.78 bits per heavy atom. The zero-order valence-electron chi connectivity index (χ0n) is 5.69. The fraction of sp³-hybridized carbons (Fsp3) is 0.714. The van der Waals surface area contributed by atoms with E-state index in [0.29, 0.717) is 0 Å². The maximum atomic E-state index is 5.94. The van der Waals surface area contributed by atoms with Gasteiger partial charge >= 0.3 is 0 Å². The SMILES string of the molecule is C=CCC1(N)CCNC1. The van der Waals surface area contributed by atoms with Crippen molar-refractivity contribution in [3.63, 3.8) is 0 Å². The van der Waals surface area contributed by atoms with Crippen LogP contribution in [0.5, 0.6) is 0 Å². The molecule has 0 amide bonds. The minimum Gasteiger partial charge on any atom is -0.324 e. The third-order valence-electron chi connectivity index (χ3n) is 1.83. The van der Waals surface area contributed by atoms with Crippen LogP contribution in [0.15, 0.2) is 12.7 Å². The van der Waals surface area contributed by atoms with Gasteiger partial charge in [0.05, 0.1) is 0 Å². The number of hydrogen-bond donors (Lipinski definition) is 2. The normalized spacial score (nSPS) is 34.8. The molecule has 1 rings (SSSR count). The Hall–Kier alpha value is -0.340. The first-order valence-corrected chi connectivity index (χ1v) is 3.37. The molecular weight excluding hydrogens is 112 g/mol. The Morgan fingerprint density at radius 3 is 3.00 bits per heavy atom. The summed E-state index contributed by atoms with van der Waals surface area (Å²) in [6.45, 7) is 5.66. The molecule has 0 aromatic carbocycles. The Kier molecular flexibility index (Phi) is 1.88. The summed E-state index contributed by atoms with van der Waals surface area (Å²) in [4.78, 5) is 0. The van der Waals surface area contributed by atoms with Crippen LogP contribution in [-0.2, 0) is 0 Å². The third kappa shape index (κ3) is 1.53. The second-order valence-corrected chi connectivity index (χ2v) is 2.78. The molecule has 1 atom stereocenters. The van der Waals surface area contributed by atoms with Crippen molar-refractivity contribution in [2.24, 2.45) is 5.73 Å². The van der Waals surface area contributed by atoms with Crippen LogP contribution in [0.1, 0.15) is 12.8 Å². The van der Waals surface area contributed by atoms with E-state index in [9.17, 15) is 0 Å². The summed E-state index contributed by atoms with van der Waals surface area (Å²) in [5.41, 5.74) is 5.95. The molecule has 0 saturated carbocycles. The molecule has 1 aliphatic rings. The van der Waals surface area contributed by atoms with Crippen LogP contribution in [0.2, 0.25) is 0 Å². The largest absolute Gasteiger partial charge is 0.324 e. The van der Waals surface area contributed by atoms with Gasteiger partial charge in [0.15, 0.2) is 0 Å². The molecule has 1 unspecified atom stereocenters. The highest BCUT2D eigenvalue weighted by Crippen LogP contribution is 2.14. The van der Waals surface area contributed by atoms with Crippen molar-refractivity contribution >= 4 is 0 Å². The van der Waals surface area contributed by atoms with Gasteiger partial charge in [-0.25, -0.2) is 0 Å². The molecule has 2 heteroatoms. The van der Waals surface area contributed by atoms with Crippen molar-refractivity contribution in [1.82, 2.24) is 5.32 Å². The molecule has 1 fully saturated rings. The lowest BCUT2D eigenvalue weighted by molar-refractivity contribution is 0.474. The lowest BCUT2D eigenvalue weighted by atomic mass is 9.96. The molecule has 1 aliphatic heterocycles. The minimum absolute atomic E-state index is 0.0156. The van der Waals surface area contributed by atoms with Crippen LogP contribution in [0.3, 0.4) is 0 Å². The number of nitrogens with one attached hydrogen (secondary N) is 1. The van der Waals surface area contributed by atoms with Crippen molar-refractivity contribution in [3.8, 4) is 0 Å². The van der Waals surface area contributed by atoms with Gasteiger partial charge < -0.3 is 11.1 Å².